The highest BCUT2D eigenvalue weighted by atomic mass is 16.5. The minimum atomic E-state index is -0.125. The van der Waals surface area contributed by atoms with Crippen LogP contribution in [0.25, 0.3) is 0 Å². The molecule has 0 radical (unpaired) electrons. The van der Waals surface area contributed by atoms with Gasteiger partial charge in [0.15, 0.2) is 0 Å². The normalized spacial score (nSPS) is 15.4. The van der Waals surface area contributed by atoms with E-state index in [9.17, 15) is 4.79 Å². The molecule has 17 heavy (non-hydrogen) atoms. The van der Waals surface area contributed by atoms with Crippen LogP contribution < -0.4 is 15.2 Å². The average Bonchev–Trinajstić information content (AvgIpc) is 2.59. The van der Waals surface area contributed by atoms with Gasteiger partial charge in [0.25, 0.3) is 5.91 Å². The van der Waals surface area contributed by atoms with Crippen LogP contribution in [-0.4, -0.2) is 18.6 Å². The van der Waals surface area contributed by atoms with Gasteiger partial charge in [-0.2, -0.15) is 0 Å². The third kappa shape index (κ3) is 2.58. The second kappa shape index (κ2) is 4.49. The molecule has 0 spiro atoms. The number of nitrogens with one attached hydrogen (secondary N) is 1. The second-order valence-corrected chi connectivity index (χ2v) is 4.29. The molecule has 0 unspecified atom stereocenters. The predicted molar refractivity (Wildman–Crippen MR) is 66.8 cm³/mol. The van der Waals surface area contributed by atoms with E-state index in [4.69, 9.17) is 4.74 Å². The van der Waals surface area contributed by atoms with E-state index in [0.717, 1.165) is 11.4 Å². The Balaban J connectivity index is 2.16. The lowest BCUT2D eigenvalue weighted by molar-refractivity contribution is -0.116. The van der Waals surface area contributed by atoms with E-state index < -0.39 is 0 Å². The van der Waals surface area contributed by atoms with Crippen molar-refractivity contribution in [1.29, 1.82) is 0 Å². The quantitative estimate of drug-likeness (QED) is 0.809. The molecule has 4 heteroatoms. The summed E-state index contributed by atoms with van der Waals surface area (Å²) in [6.45, 7) is 8.16. The number of amides is 1. The SMILES string of the molecule is C=C1CN(c2cccc(OC(C)C)c2)NC1=O. The molecule has 1 saturated heterocycles. The topological polar surface area (TPSA) is 41.6 Å². The molecule has 1 aliphatic heterocycles. The van der Waals surface area contributed by atoms with Crippen LogP contribution in [0.5, 0.6) is 5.75 Å². The first-order valence-corrected chi connectivity index (χ1v) is 5.59. The van der Waals surface area contributed by atoms with Crippen molar-refractivity contribution in [2.24, 2.45) is 0 Å². The summed E-state index contributed by atoms with van der Waals surface area (Å²) in [4.78, 5) is 11.3. The number of ether oxygens (including phenoxy) is 1. The average molecular weight is 232 g/mol. The number of hydrogen-bond acceptors (Lipinski definition) is 3. The summed E-state index contributed by atoms with van der Waals surface area (Å²) in [5, 5.41) is 1.76. The van der Waals surface area contributed by atoms with Crippen LogP contribution in [-0.2, 0) is 4.79 Å². The lowest BCUT2D eigenvalue weighted by Crippen LogP contribution is -2.32. The Labute approximate surface area is 101 Å². The maximum atomic E-state index is 11.3. The Morgan fingerprint density at radius 3 is 2.82 bits per heavy atom. The Hall–Kier alpha value is -1.97. The van der Waals surface area contributed by atoms with Crippen LogP contribution in [0.2, 0.25) is 0 Å². The van der Waals surface area contributed by atoms with Crippen molar-refractivity contribution in [1.82, 2.24) is 5.43 Å². The zero-order valence-electron chi connectivity index (χ0n) is 10.1. The van der Waals surface area contributed by atoms with Crippen molar-refractivity contribution in [3.8, 4) is 5.75 Å². The summed E-state index contributed by atoms with van der Waals surface area (Å²) in [6, 6.07) is 7.63. The molecule has 0 atom stereocenters. The molecule has 1 aromatic rings. The molecule has 0 aliphatic carbocycles. The smallest absolute Gasteiger partial charge is 0.267 e. The van der Waals surface area contributed by atoms with Gasteiger partial charge in [-0.1, -0.05) is 12.6 Å². The Kier molecular flexibility index (Phi) is 3.04. The summed E-state index contributed by atoms with van der Waals surface area (Å²) >= 11 is 0. The van der Waals surface area contributed by atoms with E-state index in [1.165, 1.54) is 0 Å². The highest BCUT2D eigenvalue weighted by molar-refractivity contribution is 5.97. The molecule has 2 rings (SSSR count). The van der Waals surface area contributed by atoms with Gasteiger partial charge in [-0.05, 0) is 26.0 Å². The van der Waals surface area contributed by atoms with Gasteiger partial charge in [-0.25, -0.2) is 0 Å². The van der Waals surface area contributed by atoms with Crippen LogP contribution in [0.3, 0.4) is 0 Å². The Morgan fingerprint density at radius 1 is 1.47 bits per heavy atom. The minimum absolute atomic E-state index is 0.125. The van der Waals surface area contributed by atoms with Gasteiger partial charge in [-0.15, -0.1) is 0 Å². The maximum absolute atomic E-state index is 11.3. The van der Waals surface area contributed by atoms with Crippen LogP contribution in [0.15, 0.2) is 36.4 Å². The van der Waals surface area contributed by atoms with Crippen molar-refractivity contribution in [2.75, 3.05) is 11.6 Å². The monoisotopic (exact) mass is 232 g/mol. The van der Waals surface area contributed by atoms with Crippen LogP contribution in [0.4, 0.5) is 5.69 Å². The van der Waals surface area contributed by atoms with Gasteiger partial charge in [0.1, 0.15) is 5.75 Å². The van der Waals surface area contributed by atoms with Gasteiger partial charge < -0.3 is 4.74 Å². The molecule has 1 N–H and O–H groups in total. The second-order valence-electron chi connectivity index (χ2n) is 4.29. The third-order valence-electron chi connectivity index (χ3n) is 2.41. The predicted octanol–water partition coefficient (Wildman–Crippen LogP) is 1.88. The number of carbonyl (C=O) groups is 1. The number of nitrogens with zero attached hydrogens (tertiary/aromatic N) is 1. The summed E-state index contributed by atoms with van der Waals surface area (Å²) in [5.74, 6) is 0.671. The molecular formula is C13H16N2O2. The van der Waals surface area contributed by atoms with Crippen LogP contribution in [0.1, 0.15) is 13.8 Å². The summed E-state index contributed by atoms with van der Waals surface area (Å²) in [7, 11) is 0. The summed E-state index contributed by atoms with van der Waals surface area (Å²) in [5.41, 5.74) is 4.21. The van der Waals surface area contributed by atoms with Crippen molar-refractivity contribution in [3.05, 3.63) is 36.4 Å². The lowest BCUT2D eigenvalue weighted by Gasteiger charge is -2.18. The molecule has 4 nitrogen and oxygen atoms in total. The molecule has 1 aliphatic rings. The minimum Gasteiger partial charge on any atom is -0.491 e. The van der Waals surface area contributed by atoms with Gasteiger partial charge in [-0.3, -0.25) is 15.2 Å². The van der Waals surface area contributed by atoms with Crippen molar-refractivity contribution < 1.29 is 9.53 Å². The van der Waals surface area contributed by atoms with Crippen molar-refractivity contribution in [2.45, 2.75) is 20.0 Å². The molecule has 0 bridgehead atoms. The fraction of sp³-hybridized carbons (Fsp3) is 0.308. The standard InChI is InChI=1S/C13H16N2O2/c1-9(2)17-12-6-4-5-11(7-12)15-8-10(3)13(16)14-15/h4-7,9H,3,8H2,1-2H3,(H,14,16). The van der Waals surface area contributed by atoms with E-state index in [1.54, 1.807) is 5.01 Å². The molecular weight excluding hydrogens is 216 g/mol. The fourth-order valence-electron chi connectivity index (χ4n) is 1.66. The van der Waals surface area contributed by atoms with Crippen LogP contribution in [0, 0.1) is 0 Å². The lowest BCUT2D eigenvalue weighted by atomic mass is 10.2. The Morgan fingerprint density at radius 2 is 2.24 bits per heavy atom. The summed E-state index contributed by atoms with van der Waals surface area (Å²) in [6.07, 6.45) is 0.133. The first-order chi connectivity index (χ1) is 8.06. The largest absolute Gasteiger partial charge is 0.491 e. The number of anilines is 1. The molecule has 1 aromatic carbocycles. The van der Waals surface area contributed by atoms with Crippen LogP contribution >= 0.6 is 0 Å². The first kappa shape index (κ1) is 11.5. The van der Waals surface area contributed by atoms with E-state index in [-0.39, 0.29) is 12.0 Å². The van der Waals surface area contributed by atoms with Gasteiger partial charge in [0.05, 0.1) is 18.3 Å². The molecule has 0 aromatic heterocycles. The zero-order valence-corrected chi connectivity index (χ0v) is 10.1. The number of carbonyl (C=O) groups excluding carboxylic acids is 1. The molecule has 1 fully saturated rings. The van der Waals surface area contributed by atoms with E-state index in [2.05, 4.69) is 12.0 Å². The van der Waals surface area contributed by atoms with Crippen molar-refractivity contribution in [3.63, 3.8) is 0 Å². The first-order valence-electron chi connectivity index (χ1n) is 5.59. The number of hydrazine groups is 1. The van der Waals surface area contributed by atoms with Gasteiger partial charge >= 0.3 is 0 Å². The van der Waals surface area contributed by atoms with Gasteiger partial charge in [0, 0.05) is 11.6 Å². The highest BCUT2D eigenvalue weighted by Gasteiger charge is 2.22. The Bertz CT molecular complexity index is 438. The zero-order chi connectivity index (χ0) is 12.4. The molecule has 0 saturated carbocycles. The van der Waals surface area contributed by atoms with E-state index in [1.807, 2.05) is 38.1 Å². The van der Waals surface area contributed by atoms with E-state index in [0.29, 0.717) is 12.1 Å². The van der Waals surface area contributed by atoms with E-state index >= 15 is 0 Å². The molecule has 1 heterocycles. The fourth-order valence-corrected chi connectivity index (χ4v) is 1.66. The third-order valence-corrected chi connectivity index (χ3v) is 2.41. The molecule has 90 valence electrons. The number of rotatable bonds is 3. The summed E-state index contributed by atoms with van der Waals surface area (Å²) < 4.78 is 5.61. The van der Waals surface area contributed by atoms with Crippen molar-refractivity contribution >= 4 is 11.6 Å². The number of benzene rings is 1. The molecule has 1 amide bonds. The highest BCUT2D eigenvalue weighted by Crippen LogP contribution is 2.23. The number of hydrogen-bond donors (Lipinski definition) is 1. The van der Waals surface area contributed by atoms with Gasteiger partial charge in [0.2, 0.25) is 0 Å². The maximum Gasteiger partial charge on any atom is 0.267 e.